The highest BCUT2D eigenvalue weighted by molar-refractivity contribution is 7.92. The molecular formula is C12H11NO4S. The van der Waals surface area contributed by atoms with Gasteiger partial charge in [-0.25, -0.2) is 0 Å². The zero-order valence-electron chi connectivity index (χ0n) is 9.61. The largest absolute Gasteiger partial charge is 0.440 e. The molecule has 0 aliphatic rings. The summed E-state index contributed by atoms with van der Waals surface area (Å²) in [5.74, 6) is -0.0185. The highest BCUT2D eigenvalue weighted by Gasteiger charge is 2.24. The summed E-state index contributed by atoms with van der Waals surface area (Å²) in [4.78, 5) is 10.5. The van der Waals surface area contributed by atoms with E-state index < -0.39 is 10.0 Å². The molecule has 0 aliphatic heterocycles. The summed E-state index contributed by atoms with van der Waals surface area (Å²) in [5.41, 5.74) is 0.515. The van der Waals surface area contributed by atoms with Gasteiger partial charge in [-0.1, -0.05) is 18.2 Å². The molecule has 0 fully saturated rings. The molecule has 0 atom stereocenters. The van der Waals surface area contributed by atoms with Crippen LogP contribution in [0.25, 0.3) is 0 Å². The second-order valence-corrected chi connectivity index (χ2v) is 5.48. The number of nitrogens with zero attached hydrogens (tertiary/aromatic N) is 1. The first-order chi connectivity index (χ1) is 8.55. The number of hydrogen-bond donors (Lipinski definition) is 0. The first-order valence-corrected chi connectivity index (χ1v) is 6.58. The topological polar surface area (TPSA) is 67.6 Å². The van der Waals surface area contributed by atoms with Crippen LogP contribution in [-0.2, 0) is 10.0 Å². The summed E-state index contributed by atoms with van der Waals surface area (Å²) in [6.07, 6.45) is 0.460. The lowest BCUT2D eigenvalue weighted by atomic mass is 10.3. The molecule has 5 nitrogen and oxygen atoms in total. The van der Waals surface area contributed by atoms with Gasteiger partial charge in [-0.15, -0.1) is 0 Å². The van der Waals surface area contributed by atoms with Gasteiger partial charge in [0.25, 0.3) is 10.0 Å². The van der Waals surface area contributed by atoms with Gasteiger partial charge in [0.05, 0.1) is 5.69 Å². The number of hydrogen-bond acceptors (Lipinski definition) is 4. The number of para-hydroxylation sites is 1. The van der Waals surface area contributed by atoms with E-state index in [0.717, 1.165) is 4.31 Å². The Bertz CT molecular complexity index is 646. The molecule has 1 aromatic heterocycles. The molecule has 0 radical (unpaired) electrons. The van der Waals surface area contributed by atoms with Crippen molar-refractivity contribution in [2.75, 3.05) is 11.4 Å². The fourth-order valence-electron chi connectivity index (χ4n) is 1.45. The van der Waals surface area contributed by atoms with Crippen LogP contribution in [0, 0.1) is 0 Å². The van der Waals surface area contributed by atoms with Crippen molar-refractivity contribution >= 4 is 22.0 Å². The number of benzene rings is 1. The summed E-state index contributed by atoms with van der Waals surface area (Å²) in [7, 11) is -2.35. The Morgan fingerprint density at radius 2 is 1.78 bits per heavy atom. The van der Waals surface area contributed by atoms with Crippen molar-refractivity contribution in [3.8, 4) is 0 Å². The molecule has 0 N–H and O–H groups in total. The maximum Gasteiger partial charge on any atom is 0.297 e. The minimum atomic E-state index is -3.77. The Labute approximate surface area is 105 Å². The number of sulfonamides is 1. The van der Waals surface area contributed by atoms with E-state index in [-0.39, 0.29) is 10.9 Å². The van der Waals surface area contributed by atoms with E-state index in [1.54, 1.807) is 30.3 Å². The first kappa shape index (κ1) is 12.4. The minimum absolute atomic E-state index is 0.0185. The second kappa shape index (κ2) is 4.66. The van der Waals surface area contributed by atoms with Crippen molar-refractivity contribution in [3.05, 3.63) is 48.2 Å². The zero-order chi connectivity index (χ0) is 13.2. The van der Waals surface area contributed by atoms with Crippen LogP contribution in [0.15, 0.2) is 52.0 Å². The van der Waals surface area contributed by atoms with E-state index in [1.165, 1.54) is 19.2 Å². The van der Waals surface area contributed by atoms with Gasteiger partial charge >= 0.3 is 0 Å². The average molecular weight is 265 g/mol. The lowest BCUT2D eigenvalue weighted by Crippen LogP contribution is -2.26. The Morgan fingerprint density at radius 1 is 1.11 bits per heavy atom. The highest BCUT2D eigenvalue weighted by atomic mass is 32.2. The lowest BCUT2D eigenvalue weighted by Gasteiger charge is -2.17. The Morgan fingerprint density at radius 3 is 2.33 bits per heavy atom. The number of rotatable bonds is 4. The van der Waals surface area contributed by atoms with Crippen molar-refractivity contribution in [2.24, 2.45) is 0 Å². The molecule has 0 saturated carbocycles. The fourth-order valence-corrected chi connectivity index (χ4v) is 2.56. The number of furan rings is 1. The van der Waals surface area contributed by atoms with E-state index in [9.17, 15) is 13.2 Å². The summed E-state index contributed by atoms with van der Waals surface area (Å²) in [6, 6.07) is 11.2. The van der Waals surface area contributed by atoms with Gasteiger partial charge in [-0.3, -0.25) is 9.10 Å². The van der Waals surface area contributed by atoms with E-state index >= 15 is 0 Å². The molecule has 0 amide bonds. The normalized spacial score (nSPS) is 11.2. The smallest absolute Gasteiger partial charge is 0.297 e. The number of carbonyl (C=O) groups is 1. The van der Waals surface area contributed by atoms with Crippen molar-refractivity contribution in [1.29, 1.82) is 0 Å². The third-order valence-corrected chi connectivity index (χ3v) is 4.11. The average Bonchev–Trinajstić information content (AvgIpc) is 2.88. The minimum Gasteiger partial charge on any atom is -0.440 e. The molecule has 0 aliphatic carbocycles. The van der Waals surface area contributed by atoms with Crippen LogP contribution in [-0.4, -0.2) is 21.8 Å². The van der Waals surface area contributed by atoms with Gasteiger partial charge in [0.1, 0.15) is 0 Å². The third-order valence-electron chi connectivity index (χ3n) is 2.45. The lowest BCUT2D eigenvalue weighted by molar-refractivity contribution is 0.109. The Balaban J connectivity index is 2.40. The molecule has 18 heavy (non-hydrogen) atoms. The summed E-state index contributed by atoms with van der Waals surface area (Å²) in [5, 5.41) is -0.254. The van der Waals surface area contributed by atoms with Crippen LogP contribution < -0.4 is 4.31 Å². The number of aldehydes is 1. The van der Waals surface area contributed by atoms with Crippen LogP contribution in [0.4, 0.5) is 5.69 Å². The zero-order valence-corrected chi connectivity index (χ0v) is 10.4. The van der Waals surface area contributed by atoms with Gasteiger partial charge < -0.3 is 4.42 Å². The van der Waals surface area contributed by atoms with E-state index in [1.807, 2.05) is 0 Å². The summed E-state index contributed by atoms with van der Waals surface area (Å²) in [6.45, 7) is 0. The van der Waals surface area contributed by atoms with E-state index in [0.29, 0.717) is 12.0 Å². The van der Waals surface area contributed by atoms with Crippen molar-refractivity contribution < 1.29 is 17.6 Å². The highest BCUT2D eigenvalue weighted by Crippen LogP contribution is 2.22. The van der Waals surface area contributed by atoms with Crippen molar-refractivity contribution in [3.63, 3.8) is 0 Å². The third kappa shape index (κ3) is 2.14. The summed E-state index contributed by atoms with van der Waals surface area (Å²) < 4.78 is 30.4. The molecule has 1 aromatic carbocycles. The molecule has 1 heterocycles. The van der Waals surface area contributed by atoms with Crippen LogP contribution in [0.1, 0.15) is 10.6 Å². The quantitative estimate of drug-likeness (QED) is 0.792. The summed E-state index contributed by atoms with van der Waals surface area (Å²) >= 11 is 0. The van der Waals surface area contributed by atoms with Gasteiger partial charge in [0.2, 0.25) is 5.09 Å². The fraction of sp³-hybridized carbons (Fsp3) is 0.0833. The SMILES string of the molecule is CN(c1ccccc1)S(=O)(=O)c1ccc(C=O)o1. The molecule has 0 unspecified atom stereocenters. The molecular weight excluding hydrogens is 254 g/mol. The molecule has 94 valence electrons. The maximum atomic E-state index is 12.2. The second-order valence-electron chi connectivity index (χ2n) is 3.58. The molecule has 0 spiro atoms. The number of carbonyl (C=O) groups excluding carboxylic acids is 1. The molecule has 0 saturated heterocycles. The monoisotopic (exact) mass is 265 g/mol. The number of anilines is 1. The van der Waals surface area contributed by atoms with Crippen molar-refractivity contribution in [1.82, 2.24) is 0 Å². The first-order valence-electron chi connectivity index (χ1n) is 5.14. The van der Waals surface area contributed by atoms with Crippen LogP contribution >= 0.6 is 0 Å². The van der Waals surface area contributed by atoms with Crippen LogP contribution in [0.3, 0.4) is 0 Å². The van der Waals surface area contributed by atoms with Crippen LogP contribution in [0.5, 0.6) is 0 Å². The Kier molecular flexibility index (Phi) is 3.20. The van der Waals surface area contributed by atoms with Gasteiger partial charge in [-0.05, 0) is 24.3 Å². The van der Waals surface area contributed by atoms with E-state index in [2.05, 4.69) is 0 Å². The van der Waals surface area contributed by atoms with Gasteiger partial charge in [-0.2, -0.15) is 8.42 Å². The van der Waals surface area contributed by atoms with Gasteiger partial charge in [0, 0.05) is 7.05 Å². The molecule has 0 bridgehead atoms. The standard InChI is InChI=1S/C12H11NO4S/c1-13(10-5-3-2-4-6-10)18(15,16)12-8-7-11(9-14)17-12/h2-9H,1H3. The molecule has 2 rings (SSSR count). The molecule has 6 heteroatoms. The Hall–Kier alpha value is -2.08. The molecule has 2 aromatic rings. The van der Waals surface area contributed by atoms with E-state index in [4.69, 9.17) is 4.42 Å². The predicted octanol–water partition coefficient (Wildman–Crippen LogP) is 1.92. The van der Waals surface area contributed by atoms with Crippen LogP contribution in [0.2, 0.25) is 0 Å². The van der Waals surface area contributed by atoms with Gasteiger partial charge in [0.15, 0.2) is 12.0 Å². The van der Waals surface area contributed by atoms with Crippen molar-refractivity contribution in [2.45, 2.75) is 5.09 Å². The predicted molar refractivity (Wildman–Crippen MR) is 66.1 cm³/mol. The maximum absolute atomic E-state index is 12.2.